The van der Waals surface area contributed by atoms with Gasteiger partial charge in [0, 0.05) is 11.9 Å². The highest BCUT2D eigenvalue weighted by atomic mass is 16.2. The zero-order valence-corrected chi connectivity index (χ0v) is 10.1. The Bertz CT molecular complexity index is 545. The summed E-state index contributed by atoms with van der Waals surface area (Å²) in [6.45, 7) is 2.07. The van der Waals surface area contributed by atoms with Crippen LogP contribution in [0.5, 0.6) is 0 Å². The minimum absolute atomic E-state index is 0.172. The number of carbonyl (C=O) groups excluding carboxylic acids is 1. The van der Waals surface area contributed by atoms with Crippen molar-refractivity contribution in [2.45, 2.75) is 13.5 Å². The Kier molecular flexibility index (Phi) is 3.86. The van der Waals surface area contributed by atoms with Crippen LogP contribution in [0.3, 0.4) is 0 Å². The molecule has 0 bridgehead atoms. The summed E-state index contributed by atoms with van der Waals surface area (Å²) in [6.07, 6.45) is 3.27. The van der Waals surface area contributed by atoms with E-state index in [1.54, 1.807) is 17.1 Å². The van der Waals surface area contributed by atoms with Crippen LogP contribution < -0.4 is 5.43 Å². The number of hydrogen-bond acceptors (Lipinski definition) is 3. The van der Waals surface area contributed by atoms with E-state index >= 15 is 0 Å². The molecule has 5 nitrogen and oxygen atoms in total. The van der Waals surface area contributed by atoms with Gasteiger partial charge < -0.3 is 0 Å². The average molecular weight is 242 g/mol. The van der Waals surface area contributed by atoms with E-state index in [2.05, 4.69) is 15.6 Å². The summed E-state index contributed by atoms with van der Waals surface area (Å²) in [4.78, 5) is 11.6. The quantitative estimate of drug-likeness (QED) is 0.649. The fraction of sp³-hybridized carbons (Fsp3) is 0.154. The molecule has 0 saturated heterocycles. The number of hydrogen-bond donors (Lipinski definition) is 1. The molecule has 0 aliphatic heterocycles. The molecule has 1 N–H and O–H groups in total. The second-order valence-corrected chi connectivity index (χ2v) is 3.83. The monoisotopic (exact) mass is 242 g/mol. The third-order valence-electron chi connectivity index (χ3n) is 2.42. The highest BCUT2D eigenvalue weighted by Gasteiger charge is 2.03. The van der Waals surface area contributed by atoms with E-state index in [-0.39, 0.29) is 12.5 Å². The third kappa shape index (κ3) is 3.28. The highest BCUT2D eigenvalue weighted by molar-refractivity contribution is 5.82. The van der Waals surface area contributed by atoms with Crippen LogP contribution in [0.25, 0.3) is 0 Å². The molecule has 0 radical (unpaired) electrons. The molecule has 18 heavy (non-hydrogen) atoms. The Morgan fingerprint density at radius 2 is 2.17 bits per heavy atom. The summed E-state index contributed by atoms with van der Waals surface area (Å²) in [7, 11) is 0. The maximum atomic E-state index is 11.6. The van der Waals surface area contributed by atoms with Crippen molar-refractivity contribution >= 4 is 12.1 Å². The van der Waals surface area contributed by atoms with Gasteiger partial charge in [-0.25, -0.2) is 5.43 Å². The molecule has 1 heterocycles. The molecule has 92 valence electrons. The summed E-state index contributed by atoms with van der Waals surface area (Å²) in [5, 5.41) is 7.91. The molecule has 2 rings (SSSR count). The SMILES string of the molecule is Cc1ccnn1CC(=O)N/N=C/c1ccccc1. The van der Waals surface area contributed by atoms with Crippen LogP contribution in [-0.2, 0) is 11.3 Å². The smallest absolute Gasteiger partial charge is 0.261 e. The average Bonchev–Trinajstić information content (AvgIpc) is 2.76. The van der Waals surface area contributed by atoms with Crippen LogP contribution in [0.4, 0.5) is 0 Å². The van der Waals surface area contributed by atoms with E-state index in [0.29, 0.717) is 0 Å². The van der Waals surface area contributed by atoms with Gasteiger partial charge in [0.15, 0.2) is 0 Å². The van der Waals surface area contributed by atoms with Crippen molar-refractivity contribution < 1.29 is 4.79 Å². The molecule has 0 aliphatic carbocycles. The van der Waals surface area contributed by atoms with Gasteiger partial charge in [0.1, 0.15) is 6.54 Å². The Balaban J connectivity index is 1.86. The second-order valence-electron chi connectivity index (χ2n) is 3.83. The van der Waals surface area contributed by atoms with Crippen LogP contribution in [-0.4, -0.2) is 21.9 Å². The van der Waals surface area contributed by atoms with Gasteiger partial charge in [0.05, 0.1) is 6.21 Å². The number of nitrogens with one attached hydrogen (secondary N) is 1. The van der Waals surface area contributed by atoms with E-state index < -0.39 is 0 Å². The lowest BCUT2D eigenvalue weighted by Crippen LogP contribution is -2.24. The zero-order chi connectivity index (χ0) is 12.8. The van der Waals surface area contributed by atoms with Gasteiger partial charge in [0.25, 0.3) is 5.91 Å². The second kappa shape index (κ2) is 5.77. The number of benzene rings is 1. The molecule has 0 unspecified atom stereocenters. The van der Waals surface area contributed by atoms with E-state index in [0.717, 1.165) is 11.3 Å². The van der Waals surface area contributed by atoms with Crippen LogP contribution in [0.15, 0.2) is 47.7 Å². The minimum Gasteiger partial charge on any atom is -0.271 e. The summed E-state index contributed by atoms with van der Waals surface area (Å²) in [5.74, 6) is -0.200. The predicted octanol–water partition coefficient (Wildman–Crippen LogP) is 1.34. The molecular weight excluding hydrogens is 228 g/mol. The van der Waals surface area contributed by atoms with Crippen LogP contribution in [0.1, 0.15) is 11.3 Å². The largest absolute Gasteiger partial charge is 0.271 e. The van der Waals surface area contributed by atoms with Crippen molar-refractivity contribution in [1.82, 2.24) is 15.2 Å². The molecule has 1 aromatic carbocycles. The fourth-order valence-electron chi connectivity index (χ4n) is 1.45. The predicted molar refractivity (Wildman–Crippen MR) is 69.1 cm³/mol. The number of aryl methyl sites for hydroxylation is 1. The summed E-state index contributed by atoms with van der Waals surface area (Å²) in [6, 6.07) is 11.4. The van der Waals surface area contributed by atoms with Crippen LogP contribution >= 0.6 is 0 Å². The third-order valence-corrected chi connectivity index (χ3v) is 2.42. The van der Waals surface area contributed by atoms with E-state index in [4.69, 9.17) is 0 Å². The van der Waals surface area contributed by atoms with Gasteiger partial charge in [-0.15, -0.1) is 0 Å². The number of rotatable bonds is 4. The molecule has 1 amide bonds. The molecule has 0 aliphatic rings. The van der Waals surface area contributed by atoms with Crippen molar-refractivity contribution in [3.05, 3.63) is 53.9 Å². The lowest BCUT2D eigenvalue weighted by molar-refractivity contribution is -0.121. The number of aromatic nitrogens is 2. The number of hydrazone groups is 1. The van der Waals surface area contributed by atoms with Gasteiger partial charge in [-0.1, -0.05) is 30.3 Å². The number of carbonyl (C=O) groups is 1. The van der Waals surface area contributed by atoms with Crippen molar-refractivity contribution in [1.29, 1.82) is 0 Å². The van der Waals surface area contributed by atoms with Gasteiger partial charge in [-0.05, 0) is 18.6 Å². The minimum atomic E-state index is -0.200. The first-order chi connectivity index (χ1) is 8.75. The molecule has 0 fully saturated rings. The topological polar surface area (TPSA) is 59.3 Å². The molecular formula is C13H14N4O. The van der Waals surface area contributed by atoms with E-state index in [1.807, 2.05) is 43.3 Å². The van der Waals surface area contributed by atoms with Crippen LogP contribution in [0.2, 0.25) is 0 Å². The number of amides is 1. The Labute approximate surface area is 105 Å². The first-order valence-electron chi connectivity index (χ1n) is 5.61. The molecule has 2 aromatic rings. The first-order valence-corrected chi connectivity index (χ1v) is 5.61. The Hall–Kier alpha value is -2.43. The fourth-order valence-corrected chi connectivity index (χ4v) is 1.45. The number of nitrogens with zero attached hydrogens (tertiary/aromatic N) is 3. The highest BCUT2D eigenvalue weighted by Crippen LogP contribution is 1.95. The molecule has 0 saturated carbocycles. The van der Waals surface area contributed by atoms with E-state index in [1.165, 1.54) is 0 Å². The van der Waals surface area contributed by atoms with Gasteiger partial charge in [-0.3, -0.25) is 9.48 Å². The molecule has 0 spiro atoms. The molecule has 0 atom stereocenters. The maximum absolute atomic E-state index is 11.6. The summed E-state index contributed by atoms with van der Waals surface area (Å²) in [5.41, 5.74) is 4.35. The van der Waals surface area contributed by atoms with Gasteiger partial charge >= 0.3 is 0 Å². The summed E-state index contributed by atoms with van der Waals surface area (Å²) < 4.78 is 1.62. The van der Waals surface area contributed by atoms with Crippen LogP contribution in [0, 0.1) is 6.92 Å². The van der Waals surface area contributed by atoms with Gasteiger partial charge in [0.2, 0.25) is 0 Å². The Morgan fingerprint density at radius 3 is 2.83 bits per heavy atom. The first kappa shape index (κ1) is 12.0. The lowest BCUT2D eigenvalue weighted by atomic mass is 10.2. The van der Waals surface area contributed by atoms with Crippen molar-refractivity contribution in [2.24, 2.45) is 5.10 Å². The molecule has 1 aromatic heterocycles. The van der Waals surface area contributed by atoms with Crippen molar-refractivity contribution in [2.75, 3.05) is 0 Å². The summed E-state index contributed by atoms with van der Waals surface area (Å²) >= 11 is 0. The molecule has 5 heteroatoms. The normalized spacial score (nSPS) is 10.7. The Morgan fingerprint density at radius 1 is 1.39 bits per heavy atom. The van der Waals surface area contributed by atoms with Crippen molar-refractivity contribution in [3.8, 4) is 0 Å². The van der Waals surface area contributed by atoms with Gasteiger partial charge in [-0.2, -0.15) is 10.2 Å². The zero-order valence-electron chi connectivity index (χ0n) is 10.1. The standard InChI is InChI=1S/C13H14N4O/c1-11-7-8-15-17(11)10-13(18)16-14-9-12-5-3-2-4-6-12/h2-9H,10H2,1H3,(H,16,18)/b14-9+. The van der Waals surface area contributed by atoms with Crippen molar-refractivity contribution in [3.63, 3.8) is 0 Å². The van der Waals surface area contributed by atoms with E-state index in [9.17, 15) is 4.79 Å². The maximum Gasteiger partial charge on any atom is 0.261 e. The lowest BCUT2D eigenvalue weighted by Gasteiger charge is -2.02.